The molecule has 2 heterocycles. The van der Waals surface area contributed by atoms with E-state index in [4.69, 9.17) is 0 Å². The van der Waals surface area contributed by atoms with Crippen molar-refractivity contribution in [1.82, 2.24) is 15.1 Å². The van der Waals surface area contributed by atoms with Gasteiger partial charge in [-0.1, -0.05) is 55.3 Å². The van der Waals surface area contributed by atoms with E-state index in [1.807, 2.05) is 29.2 Å². The molecule has 0 aliphatic carbocycles. The summed E-state index contributed by atoms with van der Waals surface area (Å²) in [5, 5.41) is 11.5. The van der Waals surface area contributed by atoms with Gasteiger partial charge in [-0.15, -0.1) is 10.2 Å². The third kappa shape index (κ3) is 4.75. The highest BCUT2D eigenvalue weighted by Crippen LogP contribution is 2.32. The summed E-state index contributed by atoms with van der Waals surface area (Å²) in [4.78, 5) is 14.7. The molecule has 0 saturated carbocycles. The van der Waals surface area contributed by atoms with Crippen LogP contribution in [-0.4, -0.2) is 39.8 Å². The summed E-state index contributed by atoms with van der Waals surface area (Å²) in [5.74, 6) is 0.264. The topological polar surface area (TPSA) is 46.1 Å². The number of rotatable bonds is 4. The van der Waals surface area contributed by atoms with Gasteiger partial charge >= 0.3 is 0 Å². The fraction of sp³-hybridized carbons (Fsp3) is 0.348. The van der Waals surface area contributed by atoms with Crippen molar-refractivity contribution >= 4 is 28.4 Å². The Morgan fingerprint density at radius 2 is 1.55 bits per heavy atom. The fourth-order valence-electron chi connectivity index (χ4n) is 3.73. The molecule has 2 aromatic carbocycles. The lowest BCUT2D eigenvalue weighted by atomic mass is 10.1. The number of hydrogen-bond donors (Lipinski definition) is 0. The fourth-order valence-corrected chi connectivity index (χ4v) is 4.60. The number of aromatic nitrogens is 2. The molecule has 4 rings (SSSR count). The smallest absolute Gasteiger partial charge is 0.232 e. The maximum Gasteiger partial charge on any atom is 0.232 e. The molecule has 1 fully saturated rings. The molecule has 1 saturated heterocycles. The Labute approximate surface area is 174 Å². The molecule has 0 N–H and O–H groups in total. The maximum atomic E-state index is 13.3. The number of fused-ring (bicyclic) bond motifs is 1. The van der Waals surface area contributed by atoms with E-state index in [2.05, 4.69) is 10.2 Å². The van der Waals surface area contributed by atoms with Crippen LogP contribution >= 0.6 is 11.8 Å². The minimum Gasteiger partial charge on any atom is -0.342 e. The first-order chi connectivity index (χ1) is 14.2. The molecule has 0 bridgehead atoms. The van der Waals surface area contributed by atoms with Gasteiger partial charge in [-0.2, -0.15) is 0 Å². The second kappa shape index (κ2) is 9.35. The summed E-state index contributed by atoms with van der Waals surface area (Å²) >= 11 is 1.45. The Bertz CT molecular complexity index is 985. The van der Waals surface area contributed by atoms with E-state index in [1.165, 1.54) is 43.2 Å². The molecule has 0 unspecified atom stereocenters. The number of likely N-dealkylation sites (tertiary alicyclic amines) is 1. The number of nitrogens with zero attached hydrogens (tertiary/aromatic N) is 3. The second-order valence-corrected chi connectivity index (χ2v) is 8.31. The molecule has 3 aromatic rings. The third-order valence-electron chi connectivity index (χ3n) is 5.31. The summed E-state index contributed by atoms with van der Waals surface area (Å²) < 4.78 is 13.3. The predicted molar refractivity (Wildman–Crippen MR) is 115 cm³/mol. The lowest BCUT2D eigenvalue weighted by Gasteiger charge is -2.24. The number of benzene rings is 2. The standard InChI is InChI=1S/C23H24FN3OS/c24-18-12-10-17(11-13-18)22-19-8-4-5-9-20(19)23(26-25-22)29-16-21(28)27-14-6-2-1-3-7-15-27/h4-5,8-13H,1-3,6-7,14-16H2. The number of amides is 1. The van der Waals surface area contributed by atoms with Crippen molar-refractivity contribution in [3.8, 4) is 11.3 Å². The molecule has 6 heteroatoms. The quantitative estimate of drug-likeness (QED) is 0.547. The van der Waals surface area contributed by atoms with Gasteiger partial charge in [-0.05, 0) is 37.1 Å². The highest BCUT2D eigenvalue weighted by atomic mass is 32.2. The van der Waals surface area contributed by atoms with E-state index >= 15 is 0 Å². The van der Waals surface area contributed by atoms with Crippen LogP contribution in [0.1, 0.15) is 32.1 Å². The van der Waals surface area contributed by atoms with Crippen LogP contribution in [0.25, 0.3) is 22.0 Å². The maximum absolute atomic E-state index is 13.3. The van der Waals surface area contributed by atoms with Gasteiger partial charge in [-0.3, -0.25) is 4.79 Å². The first-order valence-corrected chi connectivity index (χ1v) is 11.1. The van der Waals surface area contributed by atoms with E-state index in [1.54, 1.807) is 12.1 Å². The van der Waals surface area contributed by atoms with Crippen LogP contribution < -0.4 is 0 Å². The predicted octanol–water partition coefficient (Wildman–Crippen LogP) is 5.32. The molecule has 1 aliphatic heterocycles. The van der Waals surface area contributed by atoms with E-state index in [0.29, 0.717) is 5.75 Å². The van der Waals surface area contributed by atoms with Gasteiger partial charge in [0.15, 0.2) is 0 Å². The average molecular weight is 410 g/mol. The molecule has 1 aromatic heterocycles. The van der Waals surface area contributed by atoms with Crippen molar-refractivity contribution in [2.75, 3.05) is 18.8 Å². The first-order valence-electron chi connectivity index (χ1n) is 10.1. The lowest BCUT2D eigenvalue weighted by Crippen LogP contribution is -2.35. The van der Waals surface area contributed by atoms with E-state index in [0.717, 1.165) is 53.0 Å². The largest absolute Gasteiger partial charge is 0.342 e. The molecule has 4 nitrogen and oxygen atoms in total. The normalized spacial score (nSPS) is 15.1. The second-order valence-electron chi connectivity index (χ2n) is 7.34. The molecule has 0 atom stereocenters. The number of thioether (sulfide) groups is 1. The molecular formula is C23H24FN3OS. The van der Waals surface area contributed by atoms with E-state index < -0.39 is 0 Å². The Kier molecular flexibility index (Phi) is 6.39. The number of halogens is 1. The molecule has 150 valence electrons. The van der Waals surface area contributed by atoms with E-state index in [9.17, 15) is 9.18 Å². The monoisotopic (exact) mass is 409 g/mol. The van der Waals surface area contributed by atoms with Gasteiger partial charge in [0.1, 0.15) is 16.5 Å². The van der Waals surface area contributed by atoms with Crippen LogP contribution in [0.15, 0.2) is 53.6 Å². The van der Waals surface area contributed by atoms with Crippen molar-refractivity contribution < 1.29 is 9.18 Å². The van der Waals surface area contributed by atoms with Gasteiger partial charge in [-0.25, -0.2) is 4.39 Å². The summed E-state index contributed by atoms with van der Waals surface area (Å²) in [5.41, 5.74) is 1.54. The Morgan fingerprint density at radius 3 is 2.28 bits per heavy atom. The van der Waals surface area contributed by atoms with E-state index in [-0.39, 0.29) is 11.7 Å². The van der Waals surface area contributed by atoms with Gasteiger partial charge in [0.2, 0.25) is 5.91 Å². The van der Waals surface area contributed by atoms with Gasteiger partial charge in [0.05, 0.1) is 5.75 Å². The van der Waals surface area contributed by atoms with Crippen LogP contribution in [-0.2, 0) is 4.79 Å². The summed E-state index contributed by atoms with van der Waals surface area (Å²) in [6.45, 7) is 1.71. The molecular weight excluding hydrogens is 385 g/mol. The minimum atomic E-state index is -0.277. The highest BCUT2D eigenvalue weighted by molar-refractivity contribution is 8.00. The third-order valence-corrected chi connectivity index (χ3v) is 6.28. The van der Waals surface area contributed by atoms with Gasteiger partial charge in [0.25, 0.3) is 0 Å². The zero-order valence-electron chi connectivity index (χ0n) is 16.3. The molecule has 0 radical (unpaired) electrons. The van der Waals surface area contributed by atoms with Crippen molar-refractivity contribution in [3.63, 3.8) is 0 Å². The van der Waals surface area contributed by atoms with Gasteiger partial charge < -0.3 is 4.90 Å². The molecule has 0 spiro atoms. The first kappa shape index (κ1) is 19.8. The van der Waals surface area contributed by atoms with Crippen LogP contribution in [0.4, 0.5) is 4.39 Å². The van der Waals surface area contributed by atoms with Crippen LogP contribution in [0.3, 0.4) is 0 Å². The van der Waals surface area contributed by atoms with Crippen LogP contribution in [0, 0.1) is 5.82 Å². The zero-order chi connectivity index (χ0) is 20.1. The Morgan fingerprint density at radius 1 is 0.897 bits per heavy atom. The number of carbonyl (C=O) groups excluding carboxylic acids is 1. The minimum absolute atomic E-state index is 0.172. The Balaban J connectivity index is 1.54. The number of hydrogen-bond acceptors (Lipinski definition) is 4. The summed E-state index contributed by atoms with van der Waals surface area (Å²) in [6, 6.07) is 14.2. The molecule has 1 amide bonds. The molecule has 29 heavy (non-hydrogen) atoms. The summed E-state index contributed by atoms with van der Waals surface area (Å²) in [6.07, 6.45) is 5.87. The van der Waals surface area contributed by atoms with Crippen molar-refractivity contribution in [1.29, 1.82) is 0 Å². The number of carbonyl (C=O) groups is 1. The Hall–Kier alpha value is -2.47. The van der Waals surface area contributed by atoms with Crippen LogP contribution in [0.2, 0.25) is 0 Å². The summed E-state index contributed by atoms with van der Waals surface area (Å²) in [7, 11) is 0. The van der Waals surface area contributed by atoms with Crippen LogP contribution in [0.5, 0.6) is 0 Å². The van der Waals surface area contributed by atoms with Crippen molar-refractivity contribution in [3.05, 3.63) is 54.3 Å². The van der Waals surface area contributed by atoms with Crippen molar-refractivity contribution in [2.24, 2.45) is 0 Å². The molecule has 1 aliphatic rings. The zero-order valence-corrected chi connectivity index (χ0v) is 17.1. The van der Waals surface area contributed by atoms with Crippen molar-refractivity contribution in [2.45, 2.75) is 37.1 Å². The van der Waals surface area contributed by atoms with Gasteiger partial charge in [0, 0.05) is 29.4 Å². The highest BCUT2D eigenvalue weighted by Gasteiger charge is 2.17. The SMILES string of the molecule is O=C(CSc1nnc(-c2ccc(F)cc2)c2ccccc12)N1CCCCCCC1. The average Bonchev–Trinajstić information content (AvgIpc) is 2.72. The lowest BCUT2D eigenvalue weighted by molar-refractivity contribution is -0.128.